The van der Waals surface area contributed by atoms with Crippen molar-refractivity contribution in [2.24, 2.45) is 5.92 Å². The number of aliphatic carboxylic acids is 1. The maximum atomic E-state index is 11.1. The van der Waals surface area contributed by atoms with Gasteiger partial charge in [-0.05, 0) is 26.2 Å². The Labute approximate surface area is 91.0 Å². The summed E-state index contributed by atoms with van der Waals surface area (Å²) in [5, 5.41) is 12.3. The zero-order chi connectivity index (χ0) is 11.6. The molecule has 3 atom stereocenters. The largest absolute Gasteiger partial charge is 0.480 e. The molecule has 3 unspecified atom stereocenters. The second-order valence-electron chi connectivity index (χ2n) is 4.88. The van der Waals surface area contributed by atoms with Crippen molar-refractivity contribution < 1.29 is 14.6 Å². The van der Waals surface area contributed by atoms with Gasteiger partial charge >= 0.3 is 5.97 Å². The average Bonchev–Trinajstić information content (AvgIpc) is 2.43. The molecule has 4 heteroatoms. The van der Waals surface area contributed by atoms with Gasteiger partial charge in [-0.25, -0.2) is 0 Å². The standard InChI is InChI=1S/C11H21NO3/c1-7(2)9(10(13)14)12-11(4)5-6-15-8(11)3/h7-9,12H,5-6H2,1-4H3,(H,13,14). The van der Waals surface area contributed by atoms with E-state index in [0.717, 1.165) is 6.42 Å². The zero-order valence-corrected chi connectivity index (χ0v) is 9.91. The predicted molar refractivity (Wildman–Crippen MR) is 57.8 cm³/mol. The summed E-state index contributed by atoms with van der Waals surface area (Å²) in [7, 11) is 0. The highest BCUT2D eigenvalue weighted by Gasteiger charge is 2.40. The molecule has 15 heavy (non-hydrogen) atoms. The number of hydrogen-bond donors (Lipinski definition) is 2. The Morgan fingerprint density at radius 1 is 1.60 bits per heavy atom. The number of carbonyl (C=O) groups is 1. The van der Waals surface area contributed by atoms with Crippen LogP contribution in [0.1, 0.15) is 34.1 Å². The van der Waals surface area contributed by atoms with Crippen LogP contribution < -0.4 is 5.32 Å². The zero-order valence-electron chi connectivity index (χ0n) is 9.91. The van der Waals surface area contributed by atoms with Gasteiger partial charge in [0.1, 0.15) is 6.04 Å². The van der Waals surface area contributed by atoms with E-state index in [2.05, 4.69) is 5.32 Å². The summed E-state index contributed by atoms with van der Waals surface area (Å²) in [5.74, 6) is -0.711. The van der Waals surface area contributed by atoms with Gasteiger partial charge in [0.25, 0.3) is 0 Å². The quantitative estimate of drug-likeness (QED) is 0.741. The van der Waals surface area contributed by atoms with Crippen molar-refractivity contribution in [3.8, 4) is 0 Å². The second kappa shape index (κ2) is 4.49. The number of nitrogens with one attached hydrogen (secondary N) is 1. The van der Waals surface area contributed by atoms with Gasteiger partial charge in [-0.1, -0.05) is 13.8 Å². The molecule has 0 aromatic rings. The Bertz CT molecular complexity index is 242. The Balaban J connectivity index is 2.69. The molecule has 4 nitrogen and oxygen atoms in total. The van der Waals surface area contributed by atoms with Crippen LogP contribution >= 0.6 is 0 Å². The minimum Gasteiger partial charge on any atom is -0.480 e. The van der Waals surface area contributed by atoms with E-state index < -0.39 is 12.0 Å². The lowest BCUT2D eigenvalue weighted by Crippen LogP contribution is -2.56. The third-order valence-corrected chi connectivity index (χ3v) is 3.30. The van der Waals surface area contributed by atoms with Crippen molar-refractivity contribution >= 4 is 5.97 Å². The van der Waals surface area contributed by atoms with Crippen molar-refractivity contribution in [3.05, 3.63) is 0 Å². The Morgan fingerprint density at radius 2 is 2.20 bits per heavy atom. The van der Waals surface area contributed by atoms with Crippen LogP contribution in [0.2, 0.25) is 0 Å². The van der Waals surface area contributed by atoms with E-state index in [9.17, 15) is 4.79 Å². The Morgan fingerprint density at radius 3 is 2.53 bits per heavy atom. The maximum absolute atomic E-state index is 11.1. The molecule has 1 aliphatic heterocycles. The monoisotopic (exact) mass is 215 g/mol. The number of ether oxygens (including phenoxy) is 1. The first-order valence-electron chi connectivity index (χ1n) is 5.49. The van der Waals surface area contributed by atoms with Gasteiger partial charge in [0.15, 0.2) is 0 Å². The molecule has 1 rings (SSSR count). The lowest BCUT2D eigenvalue weighted by atomic mass is 9.91. The Hall–Kier alpha value is -0.610. The van der Waals surface area contributed by atoms with E-state index in [1.165, 1.54) is 0 Å². The molecule has 2 N–H and O–H groups in total. The van der Waals surface area contributed by atoms with Crippen LogP contribution in [-0.2, 0) is 9.53 Å². The minimum absolute atomic E-state index is 0.0677. The smallest absolute Gasteiger partial charge is 0.320 e. The van der Waals surface area contributed by atoms with Crippen LogP contribution in [0.5, 0.6) is 0 Å². The first-order valence-corrected chi connectivity index (χ1v) is 5.49. The molecule has 1 fully saturated rings. The molecule has 0 aromatic carbocycles. The molecule has 1 heterocycles. The van der Waals surface area contributed by atoms with Crippen LogP contribution in [0.15, 0.2) is 0 Å². The lowest BCUT2D eigenvalue weighted by molar-refractivity contribution is -0.141. The molecule has 0 radical (unpaired) electrons. The highest BCUT2D eigenvalue weighted by atomic mass is 16.5. The highest BCUT2D eigenvalue weighted by Crippen LogP contribution is 2.26. The van der Waals surface area contributed by atoms with E-state index in [-0.39, 0.29) is 17.6 Å². The van der Waals surface area contributed by atoms with E-state index in [1.54, 1.807) is 0 Å². The Kier molecular flexibility index (Phi) is 3.73. The van der Waals surface area contributed by atoms with Crippen molar-refractivity contribution in [2.45, 2.75) is 51.8 Å². The SMILES string of the molecule is CC(C)C(NC1(C)CCOC1C)C(=O)O. The summed E-state index contributed by atoms with van der Waals surface area (Å²) in [6, 6.07) is -0.501. The summed E-state index contributed by atoms with van der Waals surface area (Å²) in [6.45, 7) is 8.54. The fourth-order valence-corrected chi connectivity index (χ4v) is 1.89. The number of carboxylic acids is 1. The molecular weight excluding hydrogens is 194 g/mol. The summed E-state index contributed by atoms with van der Waals surface area (Å²) < 4.78 is 5.47. The molecule has 0 aromatic heterocycles. The topological polar surface area (TPSA) is 58.6 Å². The fraction of sp³-hybridized carbons (Fsp3) is 0.909. The first kappa shape index (κ1) is 12.5. The minimum atomic E-state index is -0.787. The normalized spacial score (nSPS) is 33.3. The van der Waals surface area contributed by atoms with Crippen LogP contribution in [-0.4, -0.2) is 35.4 Å². The van der Waals surface area contributed by atoms with Crippen LogP contribution in [0.3, 0.4) is 0 Å². The number of carboxylic acid groups (broad SMARTS) is 1. The molecule has 0 saturated carbocycles. The third-order valence-electron chi connectivity index (χ3n) is 3.30. The van der Waals surface area contributed by atoms with Gasteiger partial charge < -0.3 is 9.84 Å². The van der Waals surface area contributed by atoms with Crippen LogP contribution in [0.4, 0.5) is 0 Å². The highest BCUT2D eigenvalue weighted by molar-refractivity contribution is 5.73. The maximum Gasteiger partial charge on any atom is 0.320 e. The molecule has 0 amide bonds. The van der Waals surface area contributed by atoms with E-state index >= 15 is 0 Å². The van der Waals surface area contributed by atoms with Crippen molar-refractivity contribution in [1.29, 1.82) is 0 Å². The van der Waals surface area contributed by atoms with Gasteiger partial charge in [0, 0.05) is 12.1 Å². The number of hydrogen-bond acceptors (Lipinski definition) is 3. The van der Waals surface area contributed by atoms with E-state index in [0.29, 0.717) is 6.61 Å². The van der Waals surface area contributed by atoms with Crippen molar-refractivity contribution in [3.63, 3.8) is 0 Å². The molecular formula is C11H21NO3. The third kappa shape index (κ3) is 2.69. The van der Waals surface area contributed by atoms with Crippen molar-refractivity contribution in [2.75, 3.05) is 6.61 Å². The molecule has 1 aliphatic rings. The molecule has 0 spiro atoms. The predicted octanol–water partition coefficient (Wildman–Crippen LogP) is 1.25. The summed E-state index contributed by atoms with van der Waals surface area (Å²) in [5.41, 5.74) is -0.215. The molecule has 0 aliphatic carbocycles. The van der Waals surface area contributed by atoms with Gasteiger partial charge in [-0.15, -0.1) is 0 Å². The average molecular weight is 215 g/mol. The van der Waals surface area contributed by atoms with Gasteiger partial charge in [0.2, 0.25) is 0 Å². The van der Waals surface area contributed by atoms with Crippen molar-refractivity contribution in [1.82, 2.24) is 5.32 Å². The fourth-order valence-electron chi connectivity index (χ4n) is 1.89. The molecule has 0 bridgehead atoms. The lowest BCUT2D eigenvalue weighted by Gasteiger charge is -2.33. The summed E-state index contributed by atoms with van der Waals surface area (Å²) in [6.07, 6.45) is 0.933. The summed E-state index contributed by atoms with van der Waals surface area (Å²) >= 11 is 0. The molecule has 88 valence electrons. The van der Waals surface area contributed by atoms with Gasteiger partial charge in [0.05, 0.1) is 6.10 Å². The van der Waals surface area contributed by atoms with Crippen LogP contribution in [0, 0.1) is 5.92 Å². The summed E-state index contributed by atoms with van der Waals surface area (Å²) in [4.78, 5) is 11.1. The molecule has 1 saturated heterocycles. The van der Waals surface area contributed by atoms with Gasteiger partial charge in [-0.2, -0.15) is 0 Å². The number of rotatable bonds is 4. The van der Waals surface area contributed by atoms with E-state index in [1.807, 2.05) is 27.7 Å². The van der Waals surface area contributed by atoms with Crippen LogP contribution in [0.25, 0.3) is 0 Å². The van der Waals surface area contributed by atoms with E-state index in [4.69, 9.17) is 9.84 Å². The first-order chi connectivity index (χ1) is 6.87. The second-order valence-corrected chi connectivity index (χ2v) is 4.88. The van der Waals surface area contributed by atoms with Gasteiger partial charge in [-0.3, -0.25) is 10.1 Å².